The molecule has 0 aliphatic rings. The highest BCUT2D eigenvalue weighted by Gasteiger charge is 2.22. The first-order chi connectivity index (χ1) is 11.8. The fourth-order valence-corrected chi connectivity index (χ4v) is 1.91. The SMILES string of the molecule is COC(=O)CNC(=O)c1ccc(Cn2nc(C(F)F)cc2C(F)F)o1. The van der Waals surface area contributed by atoms with Crippen LogP contribution in [0.2, 0.25) is 0 Å². The Morgan fingerprint density at radius 2 is 2.00 bits per heavy atom. The molecule has 0 fully saturated rings. The minimum atomic E-state index is -3.00. The summed E-state index contributed by atoms with van der Waals surface area (Å²) in [6.07, 6.45) is -5.99. The zero-order valence-corrected chi connectivity index (χ0v) is 12.8. The molecule has 2 rings (SSSR count). The summed E-state index contributed by atoms with van der Waals surface area (Å²) in [7, 11) is 1.15. The summed E-state index contributed by atoms with van der Waals surface area (Å²) in [4.78, 5) is 22.7. The van der Waals surface area contributed by atoms with E-state index in [1.165, 1.54) is 12.1 Å². The van der Waals surface area contributed by atoms with Gasteiger partial charge in [-0.1, -0.05) is 0 Å². The molecule has 2 aromatic heterocycles. The largest absolute Gasteiger partial charge is 0.468 e. The molecule has 0 spiro atoms. The molecule has 1 N–H and O–H groups in total. The van der Waals surface area contributed by atoms with Crippen LogP contribution in [0.5, 0.6) is 0 Å². The van der Waals surface area contributed by atoms with Crippen molar-refractivity contribution in [1.29, 1.82) is 0 Å². The molecule has 0 aliphatic carbocycles. The van der Waals surface area contributed by atoms with Gasteiger partial charge >= 0.3 is 5.97 Å². The second kappa shape index (κ2) is 7.81. The molecule has 25 heavy (non-hydrogen) atoms. The van der Waals surface area contributed by atoms with Gasteiger partial charge in [0.1, 0.15) is 23.7 Å². The maximum absolute atomic E-state index is 12.9. The van der Waals surface area contributed by atoms with Crippen LogP contribution in [-0.2, 0) is 16.1 Å². The number of alkyl halides is 4. The highest BCUT2D eigenvalue weighted by Crippen LogP contribution is 2.25. The van der Waals surface area contributed by atoms with Gasteiger partial charge in [-0.25, -0.2) is 17.6 Å². The van der Waals surface area contributed by atoms with E-state index >= 15 is 0 Å². The van der Waals surface area contributed by atoms with Gasteiger partial charge in [0, 0.05) is 0 Å². The predicted molar refractivity (Wildman–Crippen MR) is 74.3 cm³/mol. The Bertz CT molecular complexity index is 757. The number of methoxy groups -OCH3 is 1. The molecule has 2 aromatic rings. The van der Waals surface area contributed by atoms with Crippen molar-refractivity contribution in [2.75, 3.05) is 13.7 Å². The van der Waals surface area contributed by atoms with Crippen molar-refractivity contribution in [3.8, 4) is 0 Å². The fourth-order valence-electron chi connectivity index (χ4n) is 1.91. The average molecular weight is 363 g/mol. The summed E-state index contributed by atoms with van der Waals surface area (Å²) >= 11 is 0. The van der Waals surface area contributed by atoms with Gasteiger partial charge in [-0.05, 0) is 18.2 Å². The number of furan rings is 1. The third kappa shape index (κ3) is 4.58. The molecule has 0 saturated heterocycles. The third-order valence-corrected chi connectivity index (χ3v) is 3.09. The van der Waals surface area contributed by atoms with Crippen molar-refractivity contribution in [2.24, 2.45) is 0 Å². The van der Waals surface area contributed by atoms with Crippen LogP contribution in [0.25, 0.3) is 0 Å². The number of amides is 1. The first-order valence-corrected chi connectivity index (χ1v) is 6.89. The Balaban J connectivity index is 2.10. The topological polar surface area (TPSA) is 86.4 Å². The molecule has 0 aromatic carbocycles. The summed E-state index contributed by atoms with van der Waals surface area (Å²) in [5.74, 6) is -1.52. The van der Waals surface area contributed by atoms with Crippen LogP contribution in [-0.4, -0.2) is 35.3 Å². The van der Waals surface area contributed by atoms with Gasteiger partial charge in [0.25, 0.3) is 18.8 Å². The number of hydrogen-bond donors (Lipinski definition) is 1. The fraction of sp³-hybridized carbons (Fsp3) is 0.357. The van der Waals surface area contributed by atoms with Crippen molar-refractivity contribution < 1.29 is 36.3 Å². The van der Waals surface area contributed by atoms with Crippen LogP contribution >= 0.6 is 0 Å². The van der Waals surface area contributed by atoms with Crippen molar-refractivity contribution in [1.82, 2.24) is 15.1 Å². The maximum Gasteiger partial charge on any atom is 0.325 e. The van der Waals surface area contributed by atoms with E-state index in [2.05, 4.69) is 15.2 Å². The van der Waals surface area contributed by atoms with Crippen molar-refractivity contribution in [3.63, 3.8) is 0 Å². The van der Waals surface area contributed by atoms with Gasteiger partial charge in [-0.2, -0.15) is 5.10 Å². The van der Waals surface area contributed by atoms with E-state index in [4.69, 9.17) is 4.42 Å². The van der Waals surface area contributed by atoms with Crippen LogP contribution in [0.15, 0.2) is 22.6 Å². The Labute approximate surface area is 138 Å². The number of esters is 1. The lowest BCUT2D eigenvalue weighted by Crippen LogP contribution is -2.29. The van der Waals surface area contributed by atoms with Crippen LogP contribution in [0.3, 0.4) is 0 Å². The second-order valence-corrected chi connectivity index (χ2v) is 4.78. The molecule has 1 amide bonds. The first kappa shape index (κ1) is 18.5. The highest BCUT2D eigenvalue weighted by molar-refractivity contribution is 5.93. The lowest BCUT2D eigenvalue weighted by Gasteiger charge is -2.04. The number of nitrogens with zero attached hydrogens (tertiary/aromatic N) is 2. The maximum atomic E-state index is 12.9. The monoisotopic (exact) mass is 363 g/mol. The van der Waals surface area contributed by atoms with E-state index in [1.807, 2.05) is 0 Å². The van der Waals surface area contributed by atoms with Crippen LogP contribution in [0, 0.1) is 0 Å². The molecule has 0 atom stereocenters. The molecule has 136 valence electrons. The first-order valence-electron chi connectivity index (χ1n) is 6.89. The Hall–Kier alpha value is -2.85. The number of rotatable bonds is 7. The predicted octanol–water partition coefficient (Wildman–Crippen LogP) is 2.30. The van der Waals surface area contributed by atoms with E-state index in [0.29, 0.717) is 10.7 Å². The molecular formula is C14H13F4N3O4. The van der Waals surface area contributed by atoms with Crippen LogP contribution < -0.4 is 5.32 Å². The van der Waals surface area contributed by atoms with Gasteiger partial charge in [0.15, 0.2) is 5.76 Å². The van der Waals surface area contributed by atoms with Crippen molar-refractivity contribution in [2.45, 2.75) is 19.4 Å². The average Bonchev–Trinajstić information content (AvgIpc) is 3.19. The minimum Gasteiger partial charge on any atom is -0.468 e. The second-order valence-electron chi connectivity index (χ2n) is 4.78. The molecule has 0 bridgehead atoms. The van der Waals surface area contributed by atoms with Gasteiger partial charge in [-0.3, -0.25) is 14.3 Å². The van der Waals surface area contributed by atoms with E-state index in [1.54, 1.807) is 0 Å². The van der Waals surface area contributed by atoms with E-state index in [0.717, 1.165) is 7.11 Å². The summed E-state index contributed by atoms with van der Waals surface area (Å²) in [6.45, 7) is -0.742. The van der Waals surface area contributed by atoms with E-state index in [-0.39, 0.29) is 24.6 Å². The summed E-state index contributed by atoms with van der Waals surface area (Å²) in [5, 5.41) is 5.64. The molecule has 0 radical (unpaired) electrons. The van der Waals surface area contributed by atoms with Crippen molar-refractivity contribution >= 4 is 11.9 Å². The van der Waals surface area contributed by atoms with Gasteiger partial charge in [0.05, 0.1) is 13.7 Å². The van der Waals surface area contributed by atoms with E-state index in [9.17, 15) is 27.2 Å². The molecule has 0 unspecified atom stereocenters. The number of hydrogen-bond acceptors (Lipinski definition) is 5. The smallest absolute Gasteiger partial charge is 0.325 e. The number of carbonyl (C=O) groups is 2. The Morgan fingerprint density at radius 3 is 2.60 bits per heavy atom. The molecule has 2 heterocycles. The van der Waals surface area contributed by atoms with Crippen molar-refractivity contribution in [3.05, 3.63) is 41.1 Å². The summed E-state index contributed by atoms with van der Waals surface area (Å²) < 4.78 is 61.2. The minimum absolute atomic E-state index is 0.0500. The number of halogens is 4. The number of nitrogens with one attached hydrogen (secondary N) is 1. The molecule has 11 heteroatoms. The molecule has 0 saturated carbocycles. The lowest BCUT2D eigenvalue weighted by molar-refractivity contribution is -0.139. The number of carbonyl (C=O) groups excluding carboxylic acids is 2. The van der Waals surface area contributed by atoms with Gasteiger partial charge in [-0.15, -0.1) is 0 Å². The Morgan fingerprint density at radius 1 is 1.28 bits per heavy atom. The Kier molecular flexibility index (Phi) is 5.78. The zero-order valence-electron chi connectivity index (χ0n) is 12.8. The normalized spacial score (nSPS) is 11.2. The molecule has 7 nitrogen and oxygen atoms in total. The van der Waals surface area contributed by atoms with Crippen LogP contribution in [0.4, 0.5) is 17.6 Å². The summed E-state index contributed by atoms with van der Waals surface area (Å²) in [5.41, 5.74) is -1.47. The molecular weight excluding hydrogens is 350 g/mol. The molecule has 0 aliphatic heterocycles. The standard InChI is InChI=1S/C14H13F4N3O4/c1-24-11(22)5-19-14(23)10-3-2-7(25-10)6-21-9(13(17)18)4-8(20-21)12(15)16/h2-4,12-13H,5-6H2,1H3,(H,19,23). The number of aromatic nitrogens is 2. The third-order valence-electron chi connectivity index (χ3n) is 3.09. The quantitative estimate of drug-likeness (QED) is 0.603. The lowest BCUT2D eigenvalue weighted by atomic mass is 10.3. The summed E-state index contributed by atoms with van der Waals surface area (Å²) in [6, 6.07) is 3.18. The van der Waals surface area contributed by atoms with E-state index < -0.39 is 36.1 Å². The van der Waals surface area contributed by atoms with Gasteiger partial charge < -0.3 is 14.5 Å². The number of ether oxygens (including phenoxy) is 1. The zero-order chi connectivity index (χ0) is 18.6. The highest BCUT2D eigenvalue weighted by atomic mass is 19.3. The van der Waals surface area contributed by atoms with Gasteiger partial charge in [0.2, 0.25) is 0 Å². The van der Waals surface area contributed by atoms with Crippen LogP contribution in [0.1, 0.15) is 40.6 Å².